The number of nitrogens with two attached hydrogens (primary N) is 1. The zero-order chi connectivity index (χ0) is 17.2. The summed E-state index contributed by atoms with van der Waals surface area (Å²) >= 11 is 0. The summed E-state index contributed by atoms with van der Waals surface area (Å²) < 4.78 is 25.3. The van der Waals surface area contributed by atoms with Crippen molar-refractivity contribution in [2.24, 2.45) is 11.7 Å². The molecule has 1 amide bonds. The molecule has 0 bridgehead atoms. The molecule has 128 valence electrons. The van der Waals surface area contributed by atoms with E-state index in [0.29, 0.717) is 24.6 Å². The molecule has 0 aliphatic carbocycles. The molecule has 0 saturated carbocycles. The second kappa shape index (κ2) is 6.98. The Kier molecular flexibility index (Phi) is 5.44. The van der Waals surface area contributed by atoms with Crippen molar-refractivity contribution in [3.8, 4) is 0 Å². The Labute approximate surface area is 138 Å². The maximum Gasteiger partial charge on any atom is 0.254 e. The number of rotatable bonds is 4. The van der Waals surface area contributed by atoms with Gasteiger partial charge in [0.2, 0.25) is 10.0 Å². The standard InChI is InChI=1S/C16H25N3O3S/c1-12-8-9-19(14(10-12)11-17)16(20)13-4-6-15(7-5-13)23(21,22)18(2)3/h4-7,12,14H,8-11,17H2,1-3H3. The third-order valence-corrected chi connectivity index (χ3v) is 6.22. The van der Waals surface area contributed by atoms with Crippen molar-refractivity contribution in [2.45, 2.75) is 30.7 Å². The first kappa shape index (κ1) is 17.9. The number of likely N-dealkylation sites (tertiary alicyclic amines) is 1. The Hall–Kier alpha value is -1.44. The molecule has 0 aromatic heterocycles. The third-order valence-electron chi connectivity index (χ3n) is 4.39. The van der Waals surface area contributed by atoms with Crippen LogP contribution in [0.5, 0.6) is 0 Å². The van der Waals surface area contributed by atoms with Gasteiger partial charge in [0, 0.05) is 38.8 Å². The zero-order valence-corrected chi connectivity index (χ0v) is 14.7. The van der Waals surface area contributed by atoms with Crippen LogP contribution in [0, 0.1) is 5.92 Å². The molecule has 0 spiro atoms. The van der Waals surface area contributed by atoms with Crippen LogP contribution in [-0.4, -0.2) is 56.8 Å². The number of hydrogen-bond donors (Lipinski definition) is 1. The first-order valence-corrected chi connectivity index (χ1v) is 9.25. The van der Waals surface area contributed by atoms with Crippen molar-refractivity contribution in [1.29, 1.82) is 0 Å². The van der Waals surface area contributed by atoms with Crippen molar-refractivity contribution < 1.29 is 13.2 Å². The second-order valence-electron chi connectivity index (χ2n) is 6.33. The van der Waals surface area contributed by atoms with Crippen LogP contribution >= 0.6 is 0 Å². The van der Waals surface area contributed by atoms with E-state index in [0.717, 1.165) is 17.1 Å². The highest BCUT2D eigenvalue weighted by Gasteiger charge is 2.29. The summed E-state index contributed by atoms with van der Waals surface area (Å²) in [5.74, 6) is 0.487. The fraction of sp³-hybridized carbons (Fsp3) is 0.562. The Morgan fingerprint density at radius 1 is 1.30 bits per heavy atom. The summed E-state index contributed by atoms with van der Waals surface area (Å²) in [6.07, 6.45) is 1.88. The Morgan fingerprint density at radius 2 is 1.91 bits per heavy atom. The lowest BCUT2D eigenvalue weighted by molar-refractivity contribution is 0.0573. The smallest absolute Gasteiger partial charge is 0.254 e. The van der Waals surface area contributed by atoms with Crippen LogP contribution in [0.3, 0.4) is 0 Å². The van der Waals surface area contributed by atoms with Crippen molar-refractivity contribution >= 4 is 15.9 Å². The molecule has 1 heterocycles. The van der Waals surface area contributed by atoms with E-state index in [2.05, 4.69) is 6.92 Å². The fourth-order valence-corrected chi connectivity index (χ4v) is 3.79. The highest BCUT2D eigenvalue weighted by molar-refractivity contribution is 7.89. The molecule has 1 aliphatic rings. The second-order valence-corrected chi connectivity index (χ2v) is 8.48. The van der Waals surface area contributed by atoms with Crippen molar-refractivity contribution in [1.82, 2.24) is 9.21 Å². The molecule has 0 radical (unpaired) electrons. The van der Waals surface area contributed by atoms with Gasteiger partial charge in [-0.2, -0.15) is 0 Å². The number of carbonyl (C=O) groups excluding carboxylic acids is 1. The van der Waals surface area contributed by atoms with E-state index >= 15 is 0 Å². The van der Waals surface area contributed by atoms with Crippen LogP contribution in [0.25, 0.3) is 0 Å². The summed E-state index contributed by atoms with van der Waals surface area (Å²) in [5.41, 5.74) is 6.30. The van der Waals surface area contributed by atoms with Gasteiger partial charge >= 0.3 is 0 Å². The minimum atomic E-state index is -3.48. The van der Waals surface area contributed by atoms with Gasteiger partial charge in [-0.15, -0.1) is 0 Å². The number of hydrogen-bond acceptors (Lipinski definition) is 4. The van der Waals surface area contributed by atoms with Crippen LogP contribution < -0.4 is 5.73 Å². The number of sulfonamides is 1. The molecule has 2 rings (SSSR count). The highest BCUT2D eigenvalue weighted by Crippen LogP contribution is 2.24. The van der Waals surface area contributed by atoms with Gasteiger partial charge in [0.1, 0.15) is 0 Å². The predicted octanol–water partition coefficient (Wildman–Crippen LogP) is 1.14. The molecule has 1 aromatic rings. The first-order chi connectivity index (χ1) is 10.8. The van der Waals surface area contributed by atoms with E-state index in [-0.39, 0.29) is 16.8 Å². The third kappa shape index (κ3) is 3.73. The average molecular weight is 339 g/mol. The maximum atomic E-state index is 12.7. The van der Waals surface area contributed by atoms with Gasteiger partial charge in [-0.05, 0) is 43.0 Å². The Morgan fingerprint density at radius 3 is 2.43 bits per heavy atom. The van der Waals surface area contributed by atoms with Crippen LogP contribution in [-0.2, 0) is 10.0 Å². The molecule has 1 fully saturated rings. The van der Waals surface area contributed by atoms with E-state index in [1.807, 2.05) is 4.90 Å². The number of carbonyl (C=O) groups is 1. The van der Waals surface area contributed by atoms with Gasteiger partial charge < -0.3 is 10.6 Å². The molecule has 1 aliphatic heterocycles. The summed E-state index contributed by atoms with van der Waals surface area (Å²) in [4.78, 5) is 14.7. The van der Waals surface area contributed by atoms with Crippen LogP contribution in [0.2, 0.25) is 0 Å². The van der Waals surface area contributed by atoms with E-state index in [1.54, 1.807) is 12.1 Å². The predicted molar refractivity (Wildman–Crippen MR) is 89.6 cm³/mol. The number of benzene rings is 1. The zero-order valence-electron chi connectivity index (χ0n) is 13.9. The van der Waals surface area contributed by atoms with Gasteiger partial charge in [-0.25, -0.2) is 12.7 Å². The maximum absolute atomic E-state index is 12.7. The van der Waals surface area contributed by atoms with Gasteiger partial charge in [0.15, 0.2) is 0 Å². The minimum absolute atomic E-state index is 0.0523. The molecule has 1 aromatic carbocycles. The van der Waals surface area contributed by atoms with E-state index in [4.69, 9.17) is 5.73 Å². The number of nitrogens with zero attached hydrogens (tertiary/aromatic N) is 2. The summed E-state index contributed by atoms with van der Waals surface area (Å²) in [7, 11) is -0.516. The fourth-order valence-electron chi connectivity index (χ4n) is 2.89. The Balaban J connectivity index is 2.20. The molecular weight excluding hydrogens is 314 g/mol. The number of amides is 1. The lowest BCUT2D eigenvalue weighted by atomic mass is 9.92. The topological polar surface area (TPSA) is 83.7 Å². The molecule has 23 heavy (non-hydrogen) atoms. The number of piperidine rings is 1. The minimum Gasteiger partial charge on any atom is -0.334 e. The van der Waals surface area contributed by atoms with Crippen LogP contribution in [0.4, 0.5) is 0 Å². The monoisotopic (exact) mass is 339 g/mol. The van der Waals surface area contributed by atoms with Gasteiger partial charge in [-0.3, -0.25) is 4.79 Å². The summed E-state index contributed by atoms with van der Waals surface area (Å²) in [6, 6.07) is 6.16. The molecule has 6 nitrogen and oxygen atoms in total. The average Bonchev–Trinajstić information content (AvgIpc) is 2.54. The Bertz CT molecular complexity index is 656. The van der Waals surface area contributed by atoms with E-state index < -0.39 is 10.0 Å². The molecule has 1 saturated heterocycles. The van der Waals surface area contributed by atoms with Gasteiger partial charge in [0.25, 0.3) is 5.91 Å². The molecule has 2 N–H and O–H groups in total. The molecule has 2 unspecified atom stereocenters. The molecule has 7 heteroatoms. The van der Waals surface area contributed by atoms with Crippen LogP contribution in [0.1, 0.15) is 30.1 Å². The van der Waals surface area contributed by atoms with Crippen molar-refractivity contribution in [3.05, 3.63) is 29.8 Å². The van der Waals surface area contributed by atoms with E-state index in [9.17, 15) is 13.2 Å². The van der Waals surface area contributed by atoms with Crippen molar-refractivity contribution in [2.75, 3.05) is 27.2 Å². The molecule has 2 atom stereocenters. The first-order valence-electron chi connectivity index (χ1n) is 7.81. The lowest BCUT2D eigenvalue weighted by Gasteiger charge is -2.38. The van der Waals surface area contributed by atoms with Gasteiger partial charge in [0.05, 0.1) is 4.90 Å². The lowest BCUT2D eigenvalue weighted by Crippen LogP contribution is -2.49. The quantitative estimate of drug-likeness (QED) is 0.891. The molecular formula is C16H25N3O3S. The SMILES string of the molecule is CC1CCN(C(=O)c2ccc(S(=O)(=O)N(C)C)cc2)C(CN)C1. The highest BCUT2D eigenvalue weighted by atomic mass is 32.2. The van der Waals surface area contributed by atoms with Crippen molar-refractivity contribution in [3.63, 3.8) is 0 Å². The largest absolute Gasteiger partial charge is 0.334 e. The van der Waals surface area contributed by atoms with Crippen LogP contribution in [0.15, 0.2) is 29.2 Å². The normalized spacial score (nSPS) is 22.4. The van der Waals surface area contributed by atoms with Gasteiger partial charge in [-0.1, -0.05) is 6.92 Å². The van der Waals surface area contributed by atoms with E-state index in [1.165, 1.54) is 26.2 Å². The summed E-state index contributed by atoms with van der Waals surface area (Å²) in [5, 5.41) is 0. The summed E-state index contributed by atoms with van der Waals surface area (Å²) in [6.45, 7) is 3.31.